The van der Waals surface area contributed by atoms with Crippen molar-refractivity contribution in [3.8, 4) is 0 Å². The Balaban J connectivity index is 2.46. The van der Waals surface area contributed by atoms with Crippen LogP contribution in [0.5, 0.6) is 0 Å². The van der Waals surface area contributed by atoms with Crippen molar-refractivity contribution < 1.29 is 0 Å². The first-order chi connectivity index (χ1) is 8.35. The van der Waals surface area contributed by atoms with Gasteiger partial charge in [-0.05, 0) is 59.5 Å². The Morgan fingerprint density at radius 2 is 1.72 bits per heavy atom. The minimum atomic E-state index is 0.235. The fourth-order valence-electron chi connectivity index (χ4n) is 3.08. The monoisotopic (exact) mass is 254 g/mol. The zero-order valence-corrected chi connectivity index (χ0v) is 13.4. The lowest BCUT2D eigenvalue weighted by Gasteiger charge is -2.38. The Hall–Kier alpha value is -0.0800. The van der Waals surface area contributed by atoms with Gasteiger partial charge < -0.3 is 5.32 Å². The number of rotatable bonds is 6. The summed E-state index contributed by atoms with van der Waals surface area (Å²) in [6, 6.07) is 1.54. The molecule has 1 saturated carbocycles. The van der Waals surface area contributed by atoms with Gasteiger partial charge in [-0.3, -0.25) is 4.90 Å². The van der Waals surface area contributed by atoms with E-state index in [0.717, 1.165) is 12.6 Å². The third-order valence-electron chi connectivity index (χ3n) is 4.46. The normalized spacial score (nSPS) is 21.5. The minimum absolute atomic E-state index is 0.235. The maximum Gasteiger partial charge on any atom is 0.0107 e. The largest absolute Gasteiger partial charge is 0.312 e. The van der Waals surface area contributed by atoms with Crippen molar-refractivity contribution in [3.05, 3.63) is 0 Å². The number of hydrogen-bond acceptors (Lipinski definition) is 2. The highest BCUT2D eigenvalue weighted by atomic mass is 15.2. The molecule has 0 aromatic carbocycles. The average molecular weight is 254 g/mol. The van der Waals surface area contributed by atoms with Crippen LogP contribution in [0, 0.1) is 5.92 Å². The van der Waals surface area contributed by atoms with Gasteiger partial charge in [-0.15, -0.1) is 0 Å². The highest BCUT2D eigenvalue weighted by molar-refractivity contribution is 4.84. The fraction of sp³-hybridized carbons (Fsp3) is 1.00. The maximum atomic E-state index is 3.65. The summed E-state index contributed by atoms with van der Waals surface area (Å²) in [6.07, 6.45) is 5.69. The molecule has 18 heavy (non-hydrogen) atoms. The van der Waals surface area contributed by atoms with Gasteiger partial charge in [0.15, 0.2) is 0 Å². The molecular weight excluding hydrogens is 220 g/mol. The molecule has 2 unspecified atom stereocenters. The second-order valence-corrected chi connectivity index (χ2v) is 7.12. The quantitative estimate of drug-likeness (QED) is 0.778. The van der Waals surface area contributed by atoms with Crippen LogP contribution in [-0.2, 0) is 0 Å². The molecule has 0 bridgehead atoms. The van der Waals surface area contributed by atoms with Crippen molar-refractivity contribution in [1.29, 1.82) is 0 Å². The second-order valence-electron chi connectivity index (χ2n) is 7.12. The molecule has 0 amide bonds. The first-order valence-electron chi connectivity index (χ1n) is 7.86. The molecule has 0 radical (unpaired) electrons. The molecule has 2 atom stereocenters. The summed E-state index contributed by atoms with van der Waals surface area (Å²) in [5, 5.41) is 3.65. The Morgan fingerprint density at radius 1 is 1.17 bits per heavy atom. The van der Waals surface area contributed by atoms with Crippen molar-refractivity contribution in [3.63, 3.8) is 0 Å². The number of nitrogens with one attached hydrogen (secondary N) is 1. The molecule has 0 aromatic heterocycles. The van der Waals surface area contributed by atoms with Gasteiger partial charge in [-0.1, -0.05) is 26.7 Å². The number of hydrogen-bond donors (Lipinski definition) is 1. The van der Waals surface area contributed by atoms with Gasteiger partial charge in [0.25, 0.3) is 0 Å². The van der Waals surface area contributed by atoms with E-state index >= 15 is 0 Å². The zero-order chi connectivity index (χ0) is 13.8. The molecule has 0 spiro atoms. The van der Waals surface area contributed by atoms with Gasteiger partial charge in [0.2, 0.25) is 0 Å². The van der Waals surface area contributed by atoms with Crippen molar-refractivity contribution >= 4 is 0 Å². The van der Waals surface area contributed by atoms with Crippen LogP contribution in [0.1, 0.15) is 67.2 Å². The maximum absolute atomic E-state index is 3.65. The van der Waals surface area contributed by atoms with Gasteiger partial charge in [-0.2, -0.15) is 0 Å². The van der Waals surface area contributed by atoms with E-state index in [1.54, 1.807) is 0 Å². The molecule has 0 heterocycles. The van der Waals surface area contributed by atoms with E-state index in [1.807, 2.05) is 0 Å². The van der Waals surface area contributed by atoms with Crippen LogP contribution in [0.15, 0.2) is 0 Å². The lowest BCUT2D eigenvalue weighted by molar-refractivity contribution is 0.112. The fourth-order valence-corrected chi connectivity index (χ4v) is 3.08. The summed E-state index contributed by atoms with van der Waals surface area (Å²) in [5.74, 6) is 0.713. The van der Waals surface area contributed by atoms with Crippen LogP contribution >= 0.6 is 0 Å². The summed E-state index contributed by atoms with van der Waals surface area (Å²) in [4.78, 5) is 2.74. The van der Waals surface area contributed by atoms with E-state index in [2.05, 4.69) is 51.8 Å². The molecule has 0 saturated heterocycles. The summed E-state index contributed by atoms with van der Waals surface area (Å²) >= 11 is 0. The third kappa shape index (κ3) is 4.89. The average Bonchev–Trinajstić information content (AvgIpc) is 2.79. The standard InChI is InChI=1S/C16H34N2/c1-7-18(15-10-8-9-11-15)14(3)13(2)12-17-16(4,5)6/h13-15,17H,7-12H2,1-6H3. The van der Waals surface area contributed by atoms with Gasteiger partial charge in [-0.25, -0.2) is 0 Å². The lowest BCUT2D eigenvalue weighted by atomic mass is 9.98. The van der Waals surface area contributed by atoms with E-state index in [4.69, 9.17) is 0 Å². The lowest BCUT2D eigenvalue weighted by Crippen LogP contribution is -2.48. The van der Waals surface area contributed by atoms with E-state index in [-0.39, 0.29) is 5.54 Å². The number of nitrogens with zero attached hydrogens (tertiary/aromatic N) is 1. The van der Waals surface area contributed by atoms with E-state index in [0.29, 0.717) is 12.0 Å². The molecule has 108 valence electrons. The summed E-state index contributed by atoms with van der Waals surface area (Å²) in [6.45, 7) is 16.2. The zero-order valence-electron chi connectivity index (χ0n) is 13.4. The molecule has 1 aliphatic rings. The van der Waals surface area contributed by atoms with Crippen LogP contribution in [-0.4, -0.2) is 35.6 Å². The third-order valence-corrected chi connectivity index (χ3v) is 4.46. The predicted octanol–water partition coefficient (Wildman–Crippen LogP) is 3.66. The van der Waals surface area contributed by atoms with E-state index in [1.165, 1.54) is 32.2 Å². The van der Waals surface area contributed by atoms with Crippen molar-refractivity contribution in [2.75, 3.05) is 13.1 Å². The molecule has 0 aromatic rings. The van der Waals surface area contributed by atoms with Crippen molar-refractivity contribution in [1.82, 2.24) is 10.2 Å². The van der Waals surface area contributed by atoms with E-state index < -0.39 is 0 Å². The summed E-state index contributed by atoms with van der Waals surface area (Å²) in [7, 11) is 0. The van der Waals surface area contributed by atoms with Crippen LogP contribution < -0.4 is 5.32 Å². The van der Waals surface area contributed by atoms with Gasteiger partial charge in [0.05, 0.1) is 0 Å². The Labute approximate surface area is 115 Å². The molecule has 2 nitrogen and oxygen atoms in total. The van der Waals surface area contributed by atoms with Gasteiger partial charge >= 0.3 is 0 Å². The van der Waals surface area contributed by atoms with Crippen molar-refractivity contribution in [2.45, 2.75) is 84.8 Å². The first kappa shape index (κ1) is 16.0. The first-order valence-corrected chi connectivity index (χ1v) is 7.86. The van der Waals surface area contributed by atoms with Crippen LogP contribution in [0.25, 0.3) is 0 Å². The van der Waals surface area contributed by atoms with Crippen molar-refractivity contribution in [2.24, 2.45) is 5.92 Å². The smallest absolute Gasteiger partial charge is 0.0107 e. The molecule has 0 aliphatic heterocycles. The molecule has 2 heteroatoms. The van der Waals surface area contributed by atoms with Gasteiger partial charge in [0, 0.05) is 17.6 Å². The molecule has 1 aliphatic carbocycles. The molecule has 1 rings (SSSR count). The topological polar surface area (TPSA) is 15.3 Å². The van der Waals surface area contributed by atoms with Crippen LogP contribution in [0.4, 0.5) is 0 Å². The Kier molecular flexibility index (Phi) is 6.13. The molecule has 1 fully saturated rings. The highest BCUT2D eigenvalue weighted by Gasteiger charge is 2.28. The molecular formula is C16H34N2. The molecule has 1 N–H and O–H groups in total. The summed E-state index contributed by atoms with van der Waals surface area (Å²) < 4.78 is 0. The van der Waals surface area contributed by atoms with Gasteiger partial charge in [0.1, 0.15) is 0 Å². The SMILES string of the molecule is CCN(C1CCCC1)C(C)C(C)CNC(C)(C)C. The Bertz CT molecular complexity index is 226. The van der Waals surface area contributed by atoms with Crippen LogP contribution in [0.2, 0.25) is 0 Å². The summed E-state index contributed by atoms with van der Waals surface area (Å²) in [5.41, 5.74) is 0.235. The minimum Gasteiger partial charge on any atom is -0.312 e. The van der Waals surface area contributed by atoms with Crippen LogP contribution in [0.3, 0.4) is 0 Å². The Morgan fingerprint density at radius 3 is 2.17 bits per heavy atom. The predicted molar refractivity (Wildman–Crippen MR) is 81.0 cm³/mol. The second kappa shape index (κ2) is 6.91. The highest BCUT2D eigenvalue weighted by Crippen LogP contribution is 2.26. The van der Waals surface area contributed by atoms with E-state index in [9.17, 15) is 0 Å².